The summed E-state index contributed by atoms with van der Waals surface area (Å²) in [7, 11) is 1.49. The van der Waals surface area contributed by atoms with Gasteiger partial charge in [0, 0.05) is 31.8 Å². The van der Waals surface area contributed by atoms with Gasteiger partial charge in [0.2, 0.25) is 11.7 Å². The van der Waals surface area contributed by atoms with Gasteiger partial charge in [-0.3, -0.25) is 4.79 Å². The number of aryl methyl sites for hydroxylation is 1. The molecular weight excluding hydrogens is 498 g/mol. The van der Waals surface area contributed by atoms with Crippen LogP contribution in [0.15, 0.2) is 24.4 Å². The van der Waals surface area contributed by atoms with Crippen molar-refractivity contribution in [3.8, 4) is 17.5 Å². The molecule has 1 aliphatic carbocycles. The van der Waals surface area contributed by atoms with Gasteiger partial charge in [-0.2, -0.15) is 4.98 Å². The maximum atomic E-state index is 13.8. The van der Waals surface area contributed by atoms with Gasteiger partial charge in [-0.15, -0.1) is 0 Å². The molecule has 2 N–H and O–H groups in total. The van der Waals surface area contributed by atoms with Crippen LogP contribution in [0, 0.1) is 0 Å². The van der Waals surface area contributed by atoms with Gasteiger partial charge in [0.1, 0.15) is 18.2 Å². The number of imidazole rings is 1. The lowest BCUT2D eigenvalue weighted by Crippen LogP contribution is -2.54. The number of carbonyl (C=O) groups excluding carboxylic acids is 1. The minimum Gasteiger partial charge on any atom is -0.482 e. The number of nitrogens with one attached hydrogen (secondary N) is 1. The Labute approximate surface area is 201 Å². The zero-order valence-corrected chi connectivity index (χ0v) is 19.0. The van der Waals surface area contributed by atoms with E-state index in [2.05, 4.69) is 20.3 Å². The van der Waals surface area contributed by atoms with Gasteiger partial charge in [0.05, 0.1) is 11.1 Å². The topological polar surface area (TPSA) is 111 Å². The zero-order chi connectivity index (χ0) is 25.3. The maximum absolute atomic E-state index is 13.8. The van der Waals surface area contributed by atoms with E-state index < -0.39 is 43.4 Å². The van der Waals surface area contributed by atoms with E-state index in [1.165, 1.54) is 36.0 Å². The molecular formula is C21H20ClF4N5O4. The first-order chi connectivity index (χ1) is 16.5. The first-order valence-electron chi connectivity index (χ1n) is 10.5. The fraction of sp³-hybridized carbons (Fsp3) is 0.429. The van der Waals surface area contributed by atoms with Gasteiger partial charge in [0.15, 0.2) is 11.4 Å². The van der Waals surface area contributed by atoms with Gasteiger partial charge in [-0.25, -0.2) is 27.5 Å². The van der Waals surface area contributed by atoms with Gasteiger partial charge < -0.3 is 24.5 Å². The highest BCUT2D eigenvalue weighted by molar-refractivity contribution is 6.30. The van der Waals surface area contributed by atoms with E-state index in [1.807, 2.05) is 0 Å². The normalized spacial score (nSPS) is 19.7. The zero-order valence-electron chi connectivity index (χ0n) is 18.2. The van der Waals surface area contributed by atoms with Gasteiger partial charge in [-0.05, 0) is 18.9 Å². The number of fused-ring (bicyclic) bond motifs is 1. The molecule has 2 atom stereocenters. The van der Waals surface area contributed by atoms with E-state index >= 15 is 0 Å². The Bertz CT molecular complexity index is 1240. The number of amides is 1. The number of rotatable bonds is 7. The van der Waals surface area contributed by atoms with Crippen LogP contribution in [0.5, 0.6) is 17.5 Å². The largest absolute Gasteiger partial charge is 0.482 e. The second-order valence-corrected chi connectivity index (χ2v) is 8.36. The third-order valence-corrected chi connectivity index (χ3v) is 5.61. The van der Waals surface area contributed by atoms with Gasteiger partial charge in [-0.1, -0.05) is 11.6 Å². The third-order valence-electron chi connectivity index (χ3n) is 5.40. The summed E-state index contributed by atoms with van der Waals surface area (Å²) < 4.78 is 64.6. The number of hydrogen-bond donors (Lipinski definition) is 2. The molecule has 3 aromatic rings. The van der Waals surface area contributed by atoms with Crippen LogP contribution in [0.2, 0.25) is 5.02 Å². The average molecular weight is 518 g/mol. The second-order valence-electron chi connectivity index (χ2n) is 7.93. The summed E-state index contributed by atoms with van der Waals surface area (Å²) >= 11 is 5.85. The molecule has 1 fully saturated rings. The molecule has 35 heavy (non-hydrogen) atoms. The number of pyridine rings is 2. The summed E-state index contributed by atoms with van der Waals surface area (Å²) in [6.45, 7) is -0.896. The van der Waals surface area contributed by atoms with Crippen molar-refractivity contribution in [3.63, 3.8) is 0 Å². The highest BCUT2D eigenvalue weighted by Gasteiger charge is 2.46. The molecule has 0 unspecified atom stereocenters. The molecule has 0 aromatic carbocycles. The van der Waals surface area contributed by atoms with Crippen molar-refractivity contribution in [1.82, 2.24) is 24.8 Å². The minimum atomic E-state index is -3.29. The van der Waals surface area contributed by atoms with Crippen molar-refractivity contribution >= 4 is 28.7 Å². The van der Waals surface area contributed by atoms with Gasteiger partial charge >= 0.3 is 0 Å². The number of alkyl halides is 4. The second kappa shape index (κ2) is 9.82. The highest BCUT2D eigenvalue weighted by atomic mass is 35.5. The summed E-state index contributed by atoms with van der Waals surface area (Å²) in [6, 6.07) is 3.05. The summed E-state index contributed by atoms with van der Waals surface area (Å²) in [5.41, 5.74) is 0.518. The van der Waals surface area contributed by atoms with Crippen molar-refractivity contribution in [2.45, 2.75) is 43.8 Å². The smallest absolute Gasteiger partial charge is 0.287 e. The van der Waals surface area contributed by atoms with E-state index in [4.69, 9.17) is 21.1 Å². The molecule has 0 bridgehead atoms. The first-order valence-corrected chi connectivity index (χ1v) is 10.9. The Balaban J connectivity index is 1.55. The lowest BCUT2D eigenvalue weighted by atomic mass is 9.89. The van der Waals surface area contributed by atoms with Crippen LogP contribution in [0.25, 0.3) is 11.2 Å². The molecule has 0 radical (unpaired) electrons. The van der Waals surface area contributed by atoms with Crippen LogP contribution in [-0.2, 0) is 7.05 Å². The predicted octanol–water partition coefficient (Wildman–Crippen LogP) is 3.73. The molecule has 0 spiro atoms. The molecule has 14 heteroatoms. The lowest BCUT2D eigenvalue weighted by molar-refractivity contribution is -0.142. The fourth-order valence-electron chi connectivity index (χ4n) is 3.69. The molecule has 0 aliphatic heterocycles. The van der Waals surface area contributed by atoms with E-state index in [0.717, 1.165) is 0 Å². The predicted molar refractivity (Wildman–Crippen MR) is 115 cm³/mol. The van der Waals surface area contributed by atoms with Crippen LogP contribution in [0.3, 0.4) is 0 Å². The first kappa shape index (κ1) is 24.9. The third kappa shape index (κ3) is 5.40. The number of nitrogens with zero attached hydrogens (tertiary/aromatic N) is 4. The fourth-order valence-corrected chi connectivity index (χ4v) is 3.84. The summed E-state index contributed by atoms with van der Waals surface area (Å²) in [6.07, 6.45) is -3.58. The Kier molecular flexibility index (Phi) is 6.99. The highest BCUT2D eigenvalue weighted by Crippen LogP contribution is 2.34. The van der Waals surface area contributed by atoms with E-state index in [9.17, 15) is 27.5 Å². The number of hydrogen-bond acceptors (Lipinski definition) is 7. The molecule has 188 valence electrons. The standard InChI is InChI=1S/C21H20ClF4N5O4/c1-31-17-12(28-18(31)19(33)29-11-3-2-6-21(25,26)16(11)32)4-5-15(30-17)35-20-13(34-9-14(23)24)7-10(22)8-27-20/h4-5,7-8,11,14,16,32H,2-3,6,9H2,1H3,(H,29,33)/t11-,16+/m0/s1. The maximum Gasteiger partial charge on any atom is 0.287 e. The number of aliphatic hydroxyl groups excluding tert-OH is 1. The monoisotopic (exact) mass is 517 g/mol. The molecule has 1 saturated carbocycles. The Morgan fingerprint density at radius 2 is 2.14 bits per heavy atom. The van der Waals surface area contributed by atoms with Crippen LogP contribution >= 0.6 is 11.6 Å². The van der Waals surface area contributed by atoms with Crippen molar-refractivity contribution < 1.29 is 36.9 Å². The van der Waals surface area contributed by atoms with Crippen molar-refractivity contribution in [2.75, 3.05) is 6.61 Å². The Hall–Kier alpha value is -3.19. The number of halogens is 5. The lowest BCUT2D eigenvalue weighted by Gasteiger charge is -2.34. The Morgan fingerprint density at radius 3 is 2.89 bits per heavy atom. The number of aromatic nitrogens is 4. The molecule has 1 amide bonds. The average Bonchev–Trinajstić information content (AvgIpc) is 3.13. The van der Waals surface area contributed by atoms with Crippen molar-refractivity contribution in [2.24, 2.45) is 7.05 Å². The minimum absolute atomic E-state index is 0.00785. The van der Waals surface area contributed by atoms with Gasteiger partial charge in [0.25, 0.3) is 24.1 Å². The number of aliphatic hydroxyl groups is 1. The summed E-state index contributed by atoms with van der Waals surface area (Å²) in [5, 5.41) is 12.5. The molecule has 0 saturated heterocycles. The SMILES string of the molecule is Cn1c(C(=O)N[C@H]2CCCC(F)(F)[C@@H]2O)nc2ccc(Oc3ncc(Cl)cc3OCC(F)F)nc21. The molecule has 9 nitrogen and oxygen atoms in total. The number of ether oxygens (including phenoxy) is 2. The van der Waals surface area contributed by atoms with Crippen molar-refractivity contribution in [1.29, 1.82) is 0 Å². The molecule has 3 aromatic heterocycles. The van der Waals surface area contributed by atoms with Crippen LogP contribution in [-0.4, -0.2) is 61.6 Å². The van der Waals surface area contributed by atoms with Crippen LogP contribution < -0.4 is 14.8 Å². The quantitative estimate of drug-likeness (QED) is 0.459. The molecule has 4 rings (SSSR count). The molecule has 3 heterocycles. The number of carbonyl (C=O) groups is 1. The van der Waals surface area contributed by atoms with E-state index in [-0.39, 0.29) is 46.8 Å². The summed E-state index contributed by atoms with van der Waals surface area (Å²) in [5.74, 6) is -4.44. The van der Waals surface area contributed by atoms with E-state index in [1.54, 1.807) is 0 Å². The Morgan fingerprint density at radius 1 is 1.37 bits per heavy atom. The van der Waals surface area contributed by atoms with Crippen LogP contribution in [0.1, 0.15) is 29.9 Å². The van der Waals surface area contributed by atoms with Crippen LogP contribution in [0.4, 0.5) is 17.6 Å². The molecule has 1 aliphatic rings. The summed E-state index contributed by atoms with van der Waals surface area (Å²) in [4.78, 5) is 25.1. The van der Waals surface area contributed by atoms with E-state index in [0.29, 0.717) is 5.52 Å². The van der Waals surface area contributed by atoms with Crippen molar-refractivity contribution in [3.05, 3.63) is 35.2 Å².